The van der Waals surface area contributed by atoms with Gasteiger partial charge < -0.3 is 26.4 Å². The monoisotopic (exact) mass is 434 g/mol. The van der Waals surface area contributed by atoms with Crippen molar-refractivity contribution in [3.8, 4) is 0 Å². The van der Waals surface area contributed by atoms with Gasteiger partial charge in [-0.05, 0) is 31.7 Å². The van der Waals surface area contributed by atoms with Gasteiger partial charge >= 0.3 is 5.97 Å². The molecule has 4 unspecified atom stereocenters. The van der Waals surface area contributed by atoms with Gasteiger partial charge in [0.2, 0.25) is 17.7 Å². The number of carboxylic acid groups (broad SMARTS) is 1. The summed E-state index contributed by atoms with van der Waals surface area (Å²) in [7, 11) is 0. The predicted octanol–water partition coefficient (Wildman–Crippen LogP) is -0.817. The molecule has 28 heavy (non-hydrogen) atoms. The zero-order valence-electron chi connectivity index (χ0n) is 16.1. The van der Waals surface area contributed by atoms with E-state index in [2.05, 4.69) is 46.5 Å². The first-order chi connectivity index (χ1) is 13.2. The van der Waals surface area contributed by atoms with Crippen LogP contribution in [0, 0.1) is 5.92 Å². The molecular weight excluding hydrogens is 404 g/mol. The van der Waals surface area contributed by atoms with Gasteiger partial charge in [0.05, 0.1) is 6.04 Å². The van der Waals surface area contributed by atoms with Crippen molar-refractivity contribution in [1.29, 1.82) is 0 Å². The Morgan fingerprint density at radius 3 is 2.04 bits per heavy atom. The van der Waals surface area contributed by atoms with E-state index < -0.39 is 35.9 Å². The number of carbonyl (C=O) groups is 4. The van der Waals surface area contributed by atoms with E-state index in [1.165, 1.54) is 0 Å². The molecular formula is C17H30N4O5S2. The minimum Gasteiger partial charge on any atom is -0.480 e. The average molecular weight is 435 g/mol. The van der Waals surface area contributed by atoms with Gasteiger partial charge in [0.25, 0.3) is 0 Å². The van der Waals surface area contributed by atoms with E-state index in [1.54, 1.807) is 0 Å². The fourth-order valence-corrected chi connectivity index (χ4v) is 3.31. The largest absolute Gasteiger partial charge is 0.480 e. The number of hydrogen-bond donors (Lipinski definition) is 7. The molecule has 1 saturated heterocycles. The normalized spacial score (nSPS) is 19.5. The van der Waals surface area contributed by atoms with Gasteiger partial charge in [0, 0.05) is 11.5 Å². The number of amides is 3. The third kappa shape index (κ3) is 7.88. The van der Waals surface area contributed by atoms with Crippen LogP contribution in [0.4, 0.5) is 0 Å². The Morgan fingerprint density at radius 2 is 1.57 bits per heavy atom. The Bertz CT molecular complexity index is 570. The lowest BCUT2D eigenvalue weighted by Gasteiger charge is -2.25. The summed E-state index contributed by atoms with van der Waals surface area (Å²) < 4.78 is 0. The number of carboxylic acids is 1. The quantitative estimate of drug-likeness (QED) is 0.212. The molecule has 11 heteroatoms. The van der Waals surface area contributed by atoms with Crippen molar-refractivity contribution in [3.05, 3.63) is 0 Å². The molecule has 0 aromatic rings. The highest BCUT2D eigenvalue weighted by atomic mass is 32.1. The van der Waals surface area contributed by atoms with Crippen molar-refractivity contribution in [2.45, 2.75) is 57.3 Å². The molecule has 1 aliphatic rings. The van der Waals surface area contributed by atoms with Gasteiger partial charge in [-0.1, -0.05) is 13.8 Å². The van der Waals surface area contributed by atoms with Crippen LogP contribution < -0.4 is 21.3 Å². The zero-order chi connectivity index (χ0) is 21.3. The number of rotatable bonds is 11. The highest BCUT2D eigenvalue weighted by Crippen LogP contribution is 2.09. The first-order valence-corrected chi connectivity index (χ1v) is 10.5. The van der Waals surface area contributed by atoms with Crippen LogP contribution in [0.15, 0.2) is 0 Å². The SMILES string of the molecule is CC(C)CC(NC(=O)C1CCCN1)C(=O)NC(CS)C(=O)NC(CS)C(=O)O. The van der Waals surface area contributed by atoms with Crippen molar-refractivity contribution in [1.82, 2.24) is 21.3 Å². The van der Waals surface area contributed by atoms with Gasteiger partial charge in [-0.25, -0.2) is 4.79 Å². The van der Waals surface area contributed by atoms with Crippen LogP contribution >= 0.6 is 25.3 Å². The van der Waals surface area contributed by atoms with Crippen LogP contribution in [0.2, 0.25) is 0 Å². The van der Waals surface area contributed by atoms with Gasteiger partial charge in [-0.3, -0.25) is 14.4 Å². The molecule has 0 bridgehead atoms. The Balaban J connectivity index is 2.75. The lowest BCUT2D eigenvalue weighted by atomic mass is 10.0. The lowest BCUT2D eigenvalue weighted by molar-refractivity contribution is -0.141. The zero-order valence-corrected chi connectivity index (χ0v) is 17.9. The van der Waals surface area contributed by atoms with Crippen LogP contribution in [0.1, 0.15) is 33.1 Å². The first kappa shape index (κ1) is 24.6. The summed E-state index contributed by atoms with van der Waals surface area (Å²) in [5.74, 6) is -2.62. The van der Waals surface area contributed by atoms with Crippen molar-refractivity contribution in [2.75, 3.05) is 18.1 Å². The van der Waals surface area contributed by atoms with E-state index in [0.717, 1.165) is 13.0 Å². The summed E-state index contributed by atoms with van der Waals surface area (Å²) in [5.41, 5.74) is 0. The molecule has 0 aromatic carbocycles. The molecule has 1 fully saturated rings. The molecule has 5 N–H and O–H groups in total. The number of nitrogens with one attached hydrogen (secondary N) is 4. The predicted molar refractivity (Wildman–Crippen MR) is 112 cm³/mol. The number of carbonyl (C=O) groups excluding carboxylic acids is 3. The smallest absolute Gasteiger partial charge is 0.327 e. The molecule has 0 radical (unpaired) electrons. The highest BCUT2D eigenvalue weighted by Gasteiger charge is 2.31. The molecule has 0 saturated carbocycles. The summed E-state index contributed by atoms with van der Waals surface area (Å²) in [6.45, 7) is 4.61. The van der Waals surface area contributed by atoms with Crippen LogP contribution in [-0.4, -0.2) is 71.0 Å². The second-order valence-electron chi connectivity index (χ2n) is 7.17. The fourth-order valence-electron chi connectivity index (χ4n) is 2.81. The van der Waals surface area contributed by atoms with Crippen molar-refractivity contribution >= 4 is 48.9 Å². The molecule has 160 valence electrons. The number of aliphatic carboxylic acids is 1. The second kappa shape index (κ2) is 12.2. The first-order valence-electron chi connectivity index (χ1n) is 9.28. The summed E-state index contributed by atoms with van der Waals surface area (Å²) in [6, 6.07) is -3.33. The minimum absolute atomic E-state index is 0.0248. The Labute approximate surface area is 176 Å². The number of thiol groups is 2. The third-order valence-corrected chi connectivity index (χ3v) is 5.06. The van der Waals surface area contributed by atoms with Gasteiger partial charge in [-0.15, -0.1) is 0 Å². The number of hydrogen-bond acceptors (Lipinski definition) is 7. The van der Waals surface area contributed by atoms with E-state index in [-0.39, 0.29) is 29.4 Å². The average Bonchev–Trinajstić information content (AvgIpc) is 3.17. The van der Waals surface area contributed by atoms with E-state index in [0.29, 0.717) is 12.8 Å². The Morgan fingerprint density at radius 1 is 1.00 bits per heavy atom. The maximum Gasteiger partial charge on any atom is 0.327 e. The molecule has 4 atom stereocenters. The van der Waals surface area contributed by atoms with Crippen molar-refractivity contribution in [3.63, 3.8) is 0 Å². The molecule has 0 aliphatic carbocycles. The fraction of sp³-hybridized carbons (Fsp3) is 0.765. The van der Waals surface area contributed by atoms with Crippen LogP contribution in [0.3, 0.4) is 0 Å². The Hall–Kier alpha value is -1.46. The molecule has 3 amide bonds. The lowest BCUT2D eigenvalue weighted by Crippen LogP contribution is -2.58. The standard InChI is InChI=1S/C17H30N4O5S2/c1-9(2)6-11(19-14(22)10-4-3-5-18-10)15(23)20-12(7-27)16(24)21-13(8-28)17(25)26/h9-13,18,27-28H,3-8H2,1-2H3,(H,19,22)(H,20,23)(H,21,24)(H,25,26). The van der Waals surface area contributed by atoms with E-state index in [9.17, 15) is 19.2 Å². The van der Waals surface area contributed by atoms with Crippen LogP contribution in [0.5, 0.6) is 0 Å². The second-order valence-corrected chi connectivity index (χ2v) is 7.90. The summed E-state index contributed by atoms with van der Waals surface area (Å²) in [5, 5.41) is 19.7. The summed E-state index contributed by atoms with van der Waals surface area (Å²) in [4.78, 5) is 48.4. The summed E-state index contributed by atoms with van der Waals surface area (Å²) in [6.07, 6.45) is 2.01. The molecule has 0 spiro atoms. The molecule has 1 heterocycles. The maximum atomic E-state index is 12.7. The van der Waals surface area contributed by atoms with Crippen LogP contribution in [-0.2, 0) is 19.2 Å². The molecule has 1 rings (SSSR count). The van der Waals surface area contributed by atoms with Crippen molar-refractivity contribution in [2.24, 2.45) is 5.92 Å². The highest BCUT2D eigenvalue weighted by molar-refractivity contribution is 7.80. The molecule has 0 aromatic heterocycles. The van der Waals surface area contributed by atoms with Gasteiger partial charge in [0.15, 0.2) is 0 Å². The topological polar surface area (TPSA) is 137 Å². The van der Waals surface area contributed by atoms with E-state index >= 15 is 0 Å². The maximum absolute atomic E-state index is 12.7. The van der Waals surface area contributed by atoms with E-state index in [4.69, 9.17) is 5.11 Å². The molecule has 9 nitrogen and oxygen atoms in total. The van der Waals surface area contributed by atoms with Gasteiger partial charge in [-0.2, -0.15) is 25.3 Å². The third-order valence-electron chi connectivity index (χ3n) is 4.33. The van der Waals surface area contributed by atoms with Crippen molar-refractivity contribution < 1.29 is 24.3 Å². The Kier molecular flexibility index (Phi) is 10.7. The van der Waals surface area contributed by atoms with Gasteiger partial charge in [0.1, 0.15) is 18.1 Å². The van der Waals surface area contributed by atoms with Crippen LogP contribution in [0.25, 0.3) is 0 Å². The molecule has 1 aliphatic heterocycles. The summed E-state index contributed by atoms with van der Waals surface area (Å²) >= 11 is 7.97. The minimum atomic E-state index is -1.22. The van der Waals surface area contributed by atoms with E-state index in [1.807, 2.05) is 13.8 Å².